The van der Waals surface area contributed by atoms with Crippen LogP contribution >= 0.6 is 0 Å². The molecule has 4 N–H and O–H groups in total. The third kappa shape index (κ3) is 3.69. The lowest BCUT2D eigenvalue weighted by Gasteiger charge is -2.33. The van der Waals surface area contributed by atoms with Crippen LogP contribution in [-0.4, -0.2) is 29.6 Å². The van der Waals surface area contributed by atoms with Gasteiger partial charge in [-0.15, -0.1) is 0 Å². The van der Waals surface area contributed by atoms with Crippen LogP contribution in [0.15, 0.2) is 0 Å². The molecule has 5 heteroatoms. The number of carboxylic acid groups (broad SMARTS) is 1. The van der Waals surface area contributed by atoms with E-state index in [0.29, 0.717) is 25.2 Å². The average molecular weight is 268 g/mol. The first-order valence-electron chi connectivity index (χ1n) is 7.29. The van der Waals surface area contributed by atoms with Crippen molar-refractivity contribution in [3.8, 4) is 0 Å². The summed E-state index contributed by atoms with van der Waals surface area (Å²) in [5, 5.41) is 12.2. The highest BCUT2D eigenvalue weighted by Crippen LogP contribution is 2.36. The molecule has 2 aliphatic rings. The highest BCUT2D eigenvalue weighted by atomic mass is 16.4. The lowest BCUT2D eigenvalue weighted by molar-refractivity contribution is -0.151. The summed E-state index contributed by atoms with van der Waals surface area (Å²) in [5.74, 6) is -0.390. The van der Waals surface area contributed by atoms with Crippen molar-refractivity contribution in [1.82, 2.24) is 5.32 Å². The highest BCUT2D eigenvalue weighted by molar-refractivity contribution is 5.79. The van der Waals surface area contributed by atoms with Gasteiger partial charge in [-0.3, -0.25) is 9.59 Å². The zero-order chi connectivity index (χ0) is 13.9. The molecule has 0 aromatic carbocycles. The molecule has 0 spiro atoms. The fraction of sp³-hybridized carbons (Fsp3) is 0.857. The third-order valence-corrected chi connectivity index (χ3v) is 4.54. The van der Waals surface area contributed by atoms with Gasteiger partial charge in [-0.05, 0) is 31.6 Å². The second-order valence-corrected chi connectivity index (χ2v) is 6.13. The molecule has 1 amide bonds. The van der Waals surface area contributed by atoms with E-state index in [1.807, 2.05) is 0 Å². The number of carbonyl (C=O) groups is 2. The van der Waals surface area contributed by atoms with Crippen LogP contribution in [0.5, 0.6) is 0 Å². The first kappa shape index (κ1) is 14.3. The lowest BCUT2D eigenvalue weighted by atomic mass is 9.74. The van der Waals surface area contributed by atoms with Gasteiger partial charge in [0.1, 0.15) is 0 Å². The van der Waals surface area contributed by atoms with Crippen LogP contribution in [0, 0.1) is 11.3 Å². The minimum Gasteiger partial charge on any atom is -0.481 e. The molecule has 2 fully saturated rings. The normalized spacial score (nSPS) is 23.6. The van der Waals surface area contributed by atoms with Gasteiger partial charge in [-0.1, -0.05) is 19.3 Å². The van der Waals surface area contributed by atoms with Crippen LogP contribution < -0.4 is 11.1 Å². The summed E-state index contributed by atoms with van der Waals surface area (Å²) in [4.78, 5) is 23.3. The SMILES string of the molecule is NC(CC(=O)NCC1(C(=O)O)CCCCC1)C1CC1. The van der Waals surface area contributed by atoms with Gasteiger partial charge in [0.15, 0.2) is 0 Å². The summed E-state index contributed by atoms with van der Waals surface area (Å²) in [6.45, 7) is 0.249. The summed E-state index contributed by atoms with van der Waals surface area (Å²) in [6, 6.07) is -0.0628. The molecule has 0 heterocycles. The van der Waals surface area contributed by atoms with E-state index < -0.39 is 11.4 Å². The Morgan fingerprint density at radius 2 is 1.89 bits per heavy atom. The topological polar surface area (TPSA) is 92.4 Å². The van der Waals surface area contributed by atoms with Crippen molar-refractivity contribution in [1.29, 1.82) is 0 Å². The number of rotatable bonds is 6. The Morgan fingerprint density at radius 3 is 2.42 bits per heavy atom. The second-order valence-electron chi connectivity index (χ2n) is 6.13. The molecule has 0 saturated heterocycles. The first-order chi connectivity index (χ1) is 9.03. The molecule has 5 nitrogen and oxygen atoms in total. The minimum atomic E-state index is -0.779. The van der Waals surface area contributed by atoms with Gasteiger partial charge in [0, 0.05) is 19.0 Å². The molecule has 0 bridgehead atoms. The minimum absolute atomic E-state index is 0.0628. The molecule has 0 aliphatic heterocycles. The Morgan fingerprint density at radius 1 is 1.26 bits per heavy atom. The van der Waals surface area contributed by atoms with Crippen LogP contribution in [0.4, 0.5) is 0 Å². The number of amides is 1. The van der Waals surface area contributed by atoms with Crippen molar-refractivity contribution in [3.05, 3.63) is 0 Å². The molecule has 2 aliphatic carbocycles. The Labute approximate surface area is 113 Å². The summed E-state index contributed by atoms with van der Waals surface area (Å²) >= 11 is 0. The standard InChI is InChI=1S/C14H24N2O3/c15-11(10-4-5-10)8-12(17)16-9-14(13(18)19)6-2-1-3-7-14/h10-11H,1-9,15H2,(H,16,17)(H,18,19). The Kier molecular flexibility index (Phi) is 4.45. The van der Waals surface area contributed by atoms with E-state index in [2.05, 4.69) is 5.32 Å². The van der Waals surface area contributed by atoms with Crippen molar-refractivity contribution >= 4 is 11.9 Å². The van der Waals surface area contributed by atoms with Gasteiger partial charge < -0.3 is 16.2 Å². The van der Waals surface area contributed by atoms with Gasteiger partial charge in [0.2, 0.25) is 5.91 Å². The van der Waals surface area contributed by atoms with E-state index in [9.17, 15) is 14.7 Å². The summed E-state index contributed by atoms with van der Waals surface area (Å²) in [7, 11) is 0. The largest absolute Gasteiger partial charge is 0.481 e. The summed E-state index contributed by atoms with van der Waals surface area (Å²) in [5.41, 5.74) is 5.15. The summed E-state index contributed by atoms with van der Waals surface area (Å²) in [6.07, 6.45) is 6.85. The predicted octanol–water partition coefficient (Wildman–Crippen LogP) is 1.27. The van der Waals surface area contributed by atoms with E-state index in [-0.39, 0.29) is 18.5 Å². The maximum atomic E-state index is 11.8. The number of hydrogen-bond donors (Lipinski definition) is 3. The zero-order valence-electron chi connectivity index (χ0n) is 11.4. The number of nitrogens with one attached hydrogen (secondary N) is 1. The molecule has 0 radical (unpaired) electrons. The number of carboxylic acids is 1. The van der Waals surface area contributed by atoms with Crippen LogP contribution in [0.1, 0.15) is 51.4 Å². The molecule has 19 heavy (non-hydrogen) atoms. The average Bonchev–Trinajstić information content (AvgIpc) is 3.21. The van der Waals surface area contributed by atoms with Gasteiger partial charge >= 0.3 is 5.97 Å². The fourth-order valence-electron chi connectivity index (χ4n) is 2.94. The van der Waals surface area contributed by atoms with Crippen LogP contribution in [-0.2, 0) is 9.59 Å². The zero-order valence-corrected chi connectivity index (χ0v) is 11.4. The smallest absolute Gasteiger partial charge is 0.311 e. The van der Waals surface area contributed by atoms with E-state index in [1.54, 1.807) is 0 Å². The van der Waals surface area contributed by atoms with Gasteiger partial charge in [0.05, 0.1) is 5.41 Å². The Bertz CT molecular complexity index is 347. The van der Waals surface area contributed by atoms with E-state index >= 15 is 0 Å². The molecule has 1 atom stereocenters. The monoisotopic (exact) mass is 268 g/mol. The first-order valence-corrected chi connectivity index (χ1v) is 7.29. The maximum Gasteiger partial charge on any atom is 0.311 e. The van der Waals surface area contributed by atoms with E-state index in [0.717, 1.165) is 32.1 Å². The lowest BCUT2D eigenvalue weighted by Crippen LogP contribution is -2.45. The molecule has 1 unspecified atom stereocenters. The van der Waals surface area contributed by atoms with Crippen molar-refractivity contribution in [3.63, 3.8) is 0 Å². The van der Waals surface area contributed by atoms with Crippen LogP contribution in [0.3, 0.4) is 0 Å². The van der Waals surface area contributed by atoms with E-state index in [4.69, 9.17) is 5.73 Å². The van der Waals surface area contributed by atoms with Crippen molar-refractivity contribution in [2.45, 2.75) is 57.4 Å². The van der Waals surface area contributed by atoms with Crippen molar-refractivity contribution in [2.75, 3.05) is 6.54 Å². The molecule has 108 valence electrons. The van der Waals surface area contributed by atoms with Crippen LogP contribution in [0.25, 0.3) is 0 Å². The van der Waals surface area contributed by atoms with Crippen LogP contribution in [0.2, 0.25) is 0 Å². The Hall–Kier alpha value is -1.10. The Balaban J connectivity index is 1.80. The van der Waals surface area contributed by atoms with E-state index in [1.165, 1.54) is 0 Å². The summed E-state index contributed by atoms with van der Waals surface area (Å²) < 4.78 is 0. The number of aliphatic carboxylic acids is 1. The van der Waals surface area contributed by atoms with Crippen molar-refractivity contribution < 1.29 is 14.7 Å². The quantitative estimate of drug-likeness (QED) is 0.676. The number of nitrogens with two attached hydrogens (primary N) is 1. The molecule has 2 saturated carbocycles. The molecular weight excluding hydrogens is 244 g/mol. The fourth-order valence-corrected chi connectivity index (χ4v) is 2.94. The van der Waals surface area contributed by atoms with Gasteiger partial charge in [-0.25, -0.2) is 0 Å². The molecule has 0 aromatic rings. The van der Waals surface area contributed by atoms with Gasteiger partial charge in [0.25, 0.3) is 0 Å². The predicted molar refractivity (Wildman–Crippen MR) is 71.5 cm³/mol. The number of carbonyl (C=O) groups excluding carboxylic acids is 1. The second kappa shape index (κ2) is 5.90. The molecule has 0 aromatic heterocycles. The van der Waals surface area contributed by atoms with Crippen molar-refractivity contribution in [2.24, 2.45) is 17.1 Å². The molecular formula is C14H24N2O3. The molecule has 2 rings (SSSR count). The highest BCUT2D eigenvalue weighted by Gasteiger charge is 2.40. The van der Waals surface area contributed by atoms with Gasteiger partial charge in [-0.2, -0.15) is 0 Å². The third-order valence-electron chi connectivity index (χ3n) is 4.54. The maximum absolute atomic E-state index is 11.8. The number of hydrogen-bond acceptors (Lipinski definition) is 3.